The topological polar surface area (TPSA) is 95.5 Å². The summed E-state index contributed by atoms with van der Waals surface area (Å²) in [5.41, 5.74) is 5.12. The minimum absolute atomic E-state index is 0.0697. The summed E-state index contributed by atoms with van der Waals surface area (Å²) < 4.78 is 0. The Kier molecular flexibility index (Phi) is 3.66. The van der Waals surface area contributed by atoms with E-state index in [1.165, 1.54) is 0 Å². The molecule has 6 nitrogen and oxygen atoms in total. The van der Waals surface area contributed by atoms with Crippen LogP contribution in [0.1, 0.15) is 16.8 Å². The Morgan fingerprint density at radius 1 is 0.955 bits per heavy atom. The van der Waals surface area contributed by atoms with Gasteiger partial charge in [-0.05, 0) is 30.4 Å². The fourth-order valence-corrected chi connectivity index (χ4v) is 3.38. The van der Waals surface area contributed by atoms with Gasteiger partial charge in [0, 0.05) is 5.56 Å². The molecular formula is C16H16N2O4. The zero-order valence-electron chi connectivity index (χ0n) is 11.7. The number of carboxylic acid groups (broad SMARTS) is 1. The molecule has 22 heavy (non-hydrogen) atoms. The number of hydrogen-bond acceptors (Lipinski definition) is 3. The molecular weight excluding hydrogens is 284 g/mol. The second-order valence-corrected chi connectivity index (χ2v) is 5.65. The smallest absolute Gasteiger partial charge is 0.307 e. The Balaban J connectivity index is 1.64. The largest absolute Gasteiger partial charge is 0.481 e. The molecule has 1 saturated carbocycles. The van der Waals surface area contributed by atoms with Gasteiger partial charge >= 0.3 is 5.97 Å². The Bertz CT molecular complexity index is 641. The Morgan fingerprint density at radius 2 is 1.59 bits per heavy atom. The Morgan fingerprint density at radius 3 is 2.23 bits per heavy atom. The van der Waals surface area contributed by atoms with Crippen molar-refractivity contribution in [3.63, 3.8) is 0 Å². The molecule has 0 spiro atoms. The second kappa shape index (κ2) is 5.63. The number of amides is 2. The van der Waals surface area contributed by atoms with E-state index >= 15 is 0 Å². The van der Waals surface area contributed by atoms with Crippen LogP contribution in [-0.4, -0.2) is 22.9 Å². The maximum absolute atomic E-state index is 12.3. The summed E-state index contributed by atoms with van der Waals surface area (Å²) in [5, 5.41) is 9.31. The number of hydrogen-bond donors (Lipinski definition) is 3. The van der Waals surface area contributed by atoms with Crippen molar-refractivity contribution in [2.24, 2.45) is 23.7 Å². The number of aliphatic carboxylic acids is 1. The normalized spacial score (nSPS) is 28.4. The predicted octanol–water partition coefficient (Wildman–Crippen LogP) is 0.970. The molecule has 0 aliphatic heterocycles. The second-order valence-electron chi connectivity index (χ2n) is 5.65. The summed E-state index contributed by atoms with van der Waals surface area (Å²) in [6, 6.07) is 8.48. The molecule has 114 valence electrons. The van der Waals surface area contributed by atoms with Crippen molar-refractivity contribution in [3.8, 4) is 0 Å². The first-order valence-electron chi connectivity index (χ1n) is 7.14. The fourth-order valence-electron chi connectivity index (χ4n) is 3.38. The molecule has 1 aromatic rings. The first kappa shape index (κ1) is 14.3. The highest BCUT2D eigenvalue weighted by Crippen LogP contribution is 2.48. The van der Waals surface area contributed by atoms with Gasteiger partial charge in [-0.15, -0.1) is 0 Å². The van der Waals surface area contributed by atoms with Gasteiger partial charge in [0.15, 0.2) is 0 Å². The highest BCUT2D eigenvalue weighted by atomic mass is 16.4. The van der Waals surface area contributed by atoms with Crippen LogP contribution in [0.5, 0.6) is 0 Å². The number of carbonyl (C=O) groups excluding carboxylic acids is 2. The third-order valence-electron chi connectivity index (χ3n) is 4.38. The minimum atomic E-state index is -0.966. The summed E-state index contributed by atoms with van der Waals surface area (Å²) in [4.78, 5) is 35.5. The lowest BCUT2D eigenvalue weighted by atomic mass is 9.82. The molecule has 3 rings (SSSR count). The van der Waals surface area contributed by atoms with Gasteiger partial charge in [0.05, 0.1) is 11.8 Å². The van der Waals surface area contributed by atoms with E-state index in [0.717, 1.165) is 0 Å². The summed E-state index contributed by atoms with van der Waals surface area (Å²) in [6.45, 7) is 0. The van der Waals surface area contributed by atoms with Gasteiger partial charge in [0.25, 0.3) is 5.91 Å². The molecule has 2 amide bonds. The van der Waals surface area contributed by atoms with Crippen LogP contribution in [0.4, 0.5) is 0 Å². The SMILES string of the molecule is O=C(NNC(=O)[C@H]1[C@@H](C(=O)O)[C@H]2C=C[C@H]1C2)c1ccccc1. The van der Waals surface area contributed by atoms with Crippen LogP contribution >= 0.6 is 0 Å². The quantitative estimate of drug-likeness (QED) is 0.572. The van der Waals surface area contributed by atoms with E-state index in [1.807, 2.05) is 12.2 Å². The van der Waals surface area contributed by atoms with E-state index in [-0.39, 0.29) is 11.8 Å². The average Bonchev–Trinajstić information content (AvgIpc) is 3.14. The minimum Gasteiger partial charge on any atom is -0.481 e. The van der Waals surface area contributed by atoms with Gasteiger partial charge in [-0.25, -0.2) is 0 Å². The maximum atomic E-state index is 12.3. The monoisotopic (exact) mass is 300 g/mol. The van der Waals surface area contributed by atoms with Crippen molar-refractivity contribution in [3.05, 3.63) is 48.0 Å². The van der Waals surface area contributed by atoms with Crippen molar-refractivity contribution >= 4 is 17.8 Å². The lowest BCUT2D eigenvalue weighted by Gasteiger charge is -2.23. The molecule has 0 aromatic heterocycles. The van der Waals surface area contributed by atoms with Crippen LogP contribution < -0.4 is 10.9 Å². The van der Waals surface area contributed by atoms with Crippen LogP contribution in [0.25, 0.3) is 0 Å². The number of hydrazine groups is 1. The van der Waals surface area contributed by atoms with Gasteiger partial charge in [0.1, 0.15) is 0 Å². The molecule has 0 saturated heterocycles. The van der Waals surface area contributed by atoms with Crippen LogP contribution in [-0.2, 0) is 9.59 Å². The van der Waals surface area contributed by atoms with Gasteiger partial charge in [-0.1, -0.05) is 30.4 Å². The van der Waals surface area contributed by atoms with Crippen LogP contribution in [0.15, 0.2) is 42.5 Å². The molecule has 0 unspecified atom stereocenters. The van der Waals surface area contributed by atoms with Gasteiger partial charge < -0.3 is 5.11 Å². The number of allylic oxidation sites excluding steroid dienone is 2. The zero-order valence-corrected chi connectivity index (χ0v) is 11.7. The Hall–Kier alpha value is -2.63. The maximum Gasteiger partial charge on any atom is 0.307 e. The van der Waals surface area contributed by atoms with Gasteiger partial charge in [-0.2, -0.15) is 0 Å². The molecule has 3 N–H and O–H groups in total. The first-order chi connectivity index (χ1) is 10.6. The van der Waals surface area contributed by atoms with Gasteiger partial charge in [0.2, 0.25) is 5.91 Å². The van der Waals surface area contributed by atoms with Gasteiger partial charge in [-0.3, -0.25) is 25.2 Å². The van der Waals surface area contributed by atoms with Crippen molar-refractivity contribution in [2.45, 2.75) is 6.42 Å². The molecule has 0 radical (unpaired) electrons. The van der Waals surface area contributed by atoms with Crippen LogP contribution in [0, 0.1) is 23.7 Å². The third kappa shape index (κ3) is 2.47. The third-order valence-corrected chi connectivity index (χ3v) is 4.38. The van der Waals surface area contributed by atoms with Crippen LogP contribution in [0.3, 0.4) is 0 Å². The van der Waals surface area contributed by atoms with Crippen LogP contribution in [0.2, 0.25) is 0 Å². The summed E-state index contributed by atoms with van der Waals surface area (Å²) >= 11 is 0. The summed E-state index contributed by atoms with van der Waals surface area (Å²) in [5.74, 6) is -3.37. The number of rotatable bonds is 3. The lowest BCUT2D eigenvalue weighted by Crippen LogP contribution is -2.48. The molecule has 4 atom stereocenters. The number of benzene rings is 1. The van der Waals surface area contributed by atoms with E-state index in [1.54, 1.807) is 30.3 Å². The van der Waals surface area contributed by atoms with E-state index in [9.17, 15) is 19.5 Å². The van der Waals surface area contributed by atoms with Crippen molar-refractivity contribution < 1.29 is 19.5 Å². The van der Waals surface area contributed by atoms with E-state index < -0.39 is 29.6 Å². The van der Waals surface area contributed by atoms with Crippen molar-refractivity contribution in [2.75, 3.05) is 0 Å². The van der Waals surface area contributed by atoms with E-state index in [4.69, 9.17) is 0 Å². The molecule has 6 heteroatoms. The standard InChI is InChI=1S/C16H16N2O4/c19-14(9-4-2-1-3-5-9)17-18-15(20)12-10-6-7-11(8-10)13(12)16(21)22/h1-7,10-13H,8H2,(H,17,19)(H,18,20)(H,21,22)/t10-,11-,12+,13-/m0/s1. The summed E-state index contributed by atoms with van der Waals surface area (Å²) in [6.07, 6.45) is 4.45. The van der Waals surface area contributed by atoms with Crippen molar-refractivity contribution in [1.29, 1.82) is 0 Å². The molecule has 2 bridgehead atoms. The van der Waals surface area contributed by atoms with Crippen molar-refractivity contribution in [1.82, 2.24) is 10.9 Å². The lowest BCUT2D eigenvalue weighted by molar-refractivity contribution is -0.148. The number of nitrogens with one attached hydrogen (secondary N) is 2. The number of carboxylic acids is 1. The van der Waals surface area contributed by atoms with E-state index in [0.29, 0.717) is 12.0 Å². The van der Waals surface area contributed by atoms with E-state index in [2.05, 4.69) is 10.9 Å². The Labute approximate surface area is 127 Å². The average molecular weight is 300 g/mol. The zero-order chi connectivity index (χ0) is 15.7. The molecule has 2 aliphatic rings. The highest BCUT2D eigenvalue weighted by Gasteiger charge is 2.51. The molecule has 1 aromatic carbocycles. The predicted molar refractivity (Wildman–Crippen MR) is 77.4 cm³/mol. The first-order valence-corrected chi connectivity index (χ1v) is 7.14. The fraction of sp³-hybridized carbons (Fsp3) is 0.312. The summed E-state index contributed by atoms with van der Waals surface area (Å²) in [7, 11) is 0. The number of carbonyl (C=O) groups is 3. The molecule has 0 heterocycles. The molecule has 1 fully saturated rings. The molecule has 2 aliphatic carbocycles. The number of fused-ring (bicyclic) bond motifs is 2. The highest BCUT2D eigenvalue weighted by molar-refractivity contribution is 5.96.